The van der Waals surface area contributed by atoms with Crippen molar-refractivity contribution >= 4 is 52.2 Å². The lowest BCUT2D eigenvalue weighted by Crippen LogP contribution is -2.50. The molecule has 0 bridgehead atoms. The summed E-state index contributed by atoms with van der Waals surface area (Å²) in [7, 11) is 1.85. The molecule has 3 N–H and O–H groups in total. The van der Waals surface area contributed by atoms with Crippen molar-refractivity contribution in [2.45, 2.75) is 63.1 Å². The van der Waals surface area contributed by atoms with E-state index in [0.717, 1.165) is 17.8 Å². The van der Waals surface area contributed by atoms with Crippen molar-refractivity contribution in [3.8, 4) is 5.75 Å². The van der Waals surface area contributed by atoms with E-state index < -0.39 is 16.2 Å². The number of alkyl halides is 2. The molecule has 1 saturated heterocycles. The maximum absolute atomic E-state index is 13.1. The molecule has 12 heteroatoms. The van der Waals surface area contributed by atoms with Crippen molar-refractivity contribution in [2.24, 2.45) is 13.0 Å². The summed E-state index contributed by atoms with van der Waals surface area (Å²) in [6.07, 6.45) is 1.92. The highest BCUT2D eigenvalue weighted by atomic mass is 35.5. The molecule has 1 aliphatic carbocycles. The fraction of sp³-hybridized carbons (Fsp3) is 0.519. The smallest absolute Gasteiger partial charge is 0.243 e. The van der Waals surface area contributed by atoms with Crippen LogP contribution in [0.1, 0.15) is 50.1 Å². The molecule has 2 aromatic rings. The third kappa shape index (κ3) is 6.73. The monoisotopic (exact) mass is 576 g/mol. The molecule has 39 heavy (non-hydrogen) atoms. The van der Waals surface area contributed by atoms with Crippen molar-refractivity contribution in [2.75, 3.05) is 18.4 Å². The van der Waals surface area contributed by atoms with E-state index in [1.165, 1.54) is 6.92 Å². The molecule has 2 fully saturated rings. The molecule has 210 valence electrons. The number of amides is 2. The fourth-order valence-corrected chi connectivity index (χ4v) is 5.55. The van der Waals surface area contributed by atoms with Crippen LogP contribution in [0.3, 0.4) is 0 Å². The van der Waals surface area contributed by atoms with Crippen molar-refractivity contribution in [3.05, 3.63) is 41.2 Å². The van der Waals surface area contributed by atoms with Gasteiger partial charge in [0.1, 0.15) is 34.1 Å². The Balaban J connectivity index is 1.39. The van der Waals surface area contributed by atoms with Crippen LogP contribution < -0.4 is 15.4 Å². The summed E-state index contributed by atoms with van der Waals surface area (Å²) in [6.45, 7) is 5.74. The number of carbonyl (C=O) groups is 3. The van der Waals surface area contributed by atoms with Crippen LogP contribution >= 0.6 is 23.2 Å². The molecule has 10 nitrogen and oxygen atoms in total. The summed E-state index contributed by atoms with van der Waals surface area (Å²) < 4.78 is 6.81. The molecule has 2 aliphatic rings. The molecule has 1 aliphatic heterocycles. The van der Waals surface area contributed by atoms with Gasteiger partial charge in [0.05, 0.1) is 6.54 Å². The Hall–Kier alpha value is -3.11. The summed E-state index contributed by atoms with van der Waals surface area (Å²) in [6, 6.07) is 6.15. The molecule has 1 saturated carbocycles. The highest BCUT2D eigenvalue weighted by Crippen LogP contribution is 2.54. The second-order valence-corrected chi connectivity index (χ2v) is 11.8. The molecule has 0 unspecified atom stereocenters. The predicted molar refractivity (Wildman–Crippen MR) is 150 cm³/mol. The van der Waals surface area contributed by atoms with Crippen molar-refractivity contribution in [1.29, 1.82) is 5.41 Å². The number of anilines is 1. The zero-order valence-corrected chi connectivity index (χ0v) is 24.0. The number of halogens is 2. The van der Waals surface area contributed by atoms with Crippen molar-refractivity contribution in [3.63, 3.8) is 0 Å². The number of hydrogen-bond acceptors (Lipinski definition) is 7. The zero-order valence-electron chi connectivity index (χ0n) is 22.5. The second kappa shape index (κ2) is 11.6. The maximum atomic E-state index is 13.1. The first kappa shape index (κ1) is 28.9. The van der Waals surface area contributed by atoms with Crippen LogP contribution in [0.5, 0.6) is 5.75 Å². The topological polar surface area (TPSA) is 129 Å². The number of benzene rings is 1. The first-order chi connectivity index (χ1) is 18.4. The molecule has 2 heterocycles. The number of rotatable bonds is 11. The largest absolute Gasteiger partial charge is 0.487 e. The first-order valence-electron chi connectivity index (χ1n) is 12.9. The van der Waals surface area contributed by atoms with E-state index in [9.17, 15) is 14.4 Å². The Morgan fingerprint density at radius 1 is 1.28 bits per heavy atom. The van der Waals surface area contributed by atoms with Gasteiger partial charge < -0.3 is 20.3 Å². The molecular formula is C27H34Cl2N6O4. The van der Waals surface area contributed by atoms with Crippen LogP contribution in [0.15, 0.2) is 24.3 Å². The molecule has 0 radical (unpaired) electrons. The number of nitrogens with zero attached hydrogens (tertiary/aromatic N) is 3. The summed E-state index contributed by atoms with van der Waals surface area (Å²) >= 11 is 12.3. The Morgan fingerprint density at radius 3 is 2.62 bits per heavy atom. The third-order valence-corrected chi connectivity index (χ3v) is 8.19. The summed E-state index contributed by atoms with van der Waals surface area (Å²) in [4.78, 5) is 39.7. The molecule has 4 rings (SSSR count). The van der Waals surface area contributed by atoms with Gasteiger partial charge in [0.15, 0.2) is 5.78 Å². The second-order valence-electron chi connectivity index (χ2n) is 10.3. The minimum atomic E-state index is -0.800. The van der Waals surface area contributed by atoms with E-state index in [1.54, 1.807) is 27.8 Å². The van der Waals surface area contributed by atoms with Gasteiger partial charge in [-0.05, 0) is 57.4 Å². The number of ether oxygens (including phenoxy) is 1. The standard InChI is InChI=1S/C27H34Cl2N6O4/c1-15-10-18(33-34(15)4)14-39-19-7-8-22(20(11-19)25(30)17(3)36)31-13-24(37)35-9-5-6-23(35)26(38)32-16(2)21-12-27(21,28)29/h7-8,10-11,16,21,23,30-31H,5-6,9,12-14H2,1-4H3,(H,32,38)/t16-,21-,23+/m1/s1. The lowest BCUT2D eigenvalue weighted by atomic mass is 10.0. The van der Waals surface area contributed by atoms with Gasteiger partial charge in [-0.15, -0.1) is 23.2 Å². The lowest BCUT2D eigenvalue weighted by molar-refractivity contribution is -0.137. The minimum Gasteiger partial charge on any atom is -0.487 e. The summed E-state index contributed by atoms with van der Waals surface area (Å²) in [5, 5.41) is 18.7. The zero-order chi connectivity index (χ0) is 28.5. The van der Waals surface area contributed by atoms with Crippen LogP contribution in [0.4, 0.5) is 5.69 Å². The number of Topliss-reactive ketones (excluding diaryl/α,β-unsaturated/α-hetero) is 1. The van der Waals surface area contributed by atoms with Gasteiger partial charge in [-0.2, -0.15) is 5.10 Å². The van der Waals surface area contributed by atoms with E-state index in [0.29, 0.717) is 36.4 Å². The predicted octanol–water partition coefficient (Wildman–Crippen LogP) is 3.37. The van der Waals surface area contributed by atoms with Crippen LogP contribution in [0.2, 0.25) is 0 Å². The van der Waals surface area contributed by atoms with E-state index in [-0.39, 0.29) is 42.6 Å². The van der Waals surface area contributed by atoms with Crippen LogP contribution in [-0.4, -0.2) is 67.5 Å². The lowest BCUT2D eigenvalue weighted by Gasteiger charge is -2.26. The molecular weight excluding hydrogens is 543 g/mol. The third-order valence-electron chi connectivity index (χ3n) is 7.32. The molecule has 2 amide bonds. The van der Waals surface area contributed by atoms with E-state index in [4.69, 9.17) is 33.3 Å². The molecule has 1 aromatic carbocycles. The van der Waals surface area contributed by atoms with E-state index in [1.807, 2.05) is 27.0 Å². The average molecular weight is 578 g/mol. The Kier molecular flexibility index (Phi) is 8.56. The SMILES string of the molecule is CC(=O)C(=N)c1cc(OCc2cc(C)n(C)n2)ccc1NCC(=O)N1CCC[C@H]1C(=O)N[C@H](C)[C@H]1CC1(Cl)Cl. The van der Waals surface area contributed by atoms with Gasteiger partial charge >= 0.3 is 0 Å². The summed E-state index contributed by atoms with van der Waals surface area (Å²) in [5.41, 5.74) is 2.33. The van der Waals surface area contributed by atoms with Gasteiger partial charge in [-0.25, -0.2) is 0 Å². The first-order valence-corrected chi connectivity index (χ1v) is 13.7. The molecule has 1 aromatic heterocycles. The Bertz CT molecular complexity index is 1270. The Labute approximate surface area is 237 Å². The maximum Gasteiger partial charge on any atom is 0.243 e. The van der Waals surface area contributed by atoms with Gasteiger partial charge in [0.2, 0.25) is 11.8 Å². The number of hydrogen-bond donors (Lipinski definition) is 3. The highest BCUT2D eigenvalue weighted by molar-refractivity contribution is 6.51. The number of aryl methyl sites for hydroxylation is 2. The quantitative estimate of drug-likeness (QED) is 0.278. The number of nitrogens with one attached hydrogen (secondary N) is 3. The van der Waals surface area contributed by atoms with Crippen LogP contribution in [0, 0.1) is 18.3 Å². The minimum absolute atomic E-state index is 0.00737. The number of aromatic nitrogens is 2. The van der Waals surface area contributed by atoms with Crippen molar-refractivity contribution in [1.82, 2.24) is 20.0 Å². The highest BCUT2D eigenvalue weighted by Gasteiger charge is 2.55. The van der Waals surface area contributed by atoms with Crippen molar-refractivity contribution < 1.29 is 19.1 Å². The van der Waals surface area contributed by atoms with E-state index in [2.05, 4.69) is 15.7 Å². The summed E-state index contributed by atoms with van der Waals surface area (Å²) in [5.74, 6) is -0.419. The molecule has 3 atom stereocenters. The van der Waals surface area contributed by atoms with Crippen LogP contribution in [0.25, 0.3) is 0 Å². The van der Waals surface area contributed by atoms with Gasteiger partial charge in [-0.1, -0.05) is 0 Å². The Morgan fingerprint density at radius 2 is 2.00 bits per heavy atom. The van der Waals surface area contributed by atoms with Gasteiger partial charge in [-0.3, -0.25) is 24.5 Å². The molecule has 0 spiro atoms. The van der Waals surface area contributed by atoms with Gasteiger partial charge in [0.25, 0.3) is 0 Å². The average Bonchev–Trinajstić information content (AvgIpc) is 3.19. The fourth-order valence-electron chi connectivity index (χ4n) is 4.83. The normalized spacial score (nSPS) is 20.3. The number of carbonyl (C=O) groups excluding carboxylic acids is 3. The van der Waals surface area contributed by atoms with Gasteiger partial charge in [0, 0.05) is 49.4 Å². The van der Waals surface area contributed by atoms with Crippen LogP contribution in [-0.2, 0) is 28.0 Å². The number of likely N-dealkylation sites (tertiary alicyclic amines) is 1. The number of ketones is 1. The van der Waals surface area contributed by atoms with E-state index >= 15 is 0 Å².